The Morgan fingerprint density at radius 3 is 2.61 bits per heavy atom. The van der Waals surface area contributed by atoms with E-state index in [1.807, 2.05) is 43.4 Å². The molecule has 0 fully saturated rings. The van der Waals surface area contributed by atoms with Gasteiger partial charge in [0.25, 0.3) is 0 Å². The summed E-state index contributed by atoms with van der Waals surface area (Å²) >= 11 is 0. The molecule has 1 aromatic carbocycles. The van der Waals surface area contributed by atoms with Gasteiger partial charge in [0, 0.05) is 18.8 Å². The largest absolute Gasteiger partial charge is 0.493 e. The van der Waals surface area contributed by atoms with Crippen LogP contribution in [0.2, 0.25) is 0 Å². The molecule has 0 bridgehead atoms. The minimum atomic E-state index is 0.449. The van der Waals surface area contributed by atoms with Crippen molar-refractivity contribution >= 4 is 5.82 Å². The van der Waals surface area contributed by atoms with Gasteiger partial charge in [-0.15, -0.1) is 0 Å². The average molecular weight is 244 g/mol. The van der Waals surface area contributed by atoms with Crippen molar-refractivity contribution in [3.8, 4) is 11.5 Å². The first-order chi connectivity index (χ1) is 8.85. The van der Waals surface area contributed by atoms with Crippen molar-refractivity contribution in [1.82, 2.24) is 4.98 Å². The van der Waals surface area contributed by atoms with Gasteiger partial charge < -0.3 is 14.8 Å². The average Bonchev–Trinajstić information content (AvgIpc) is 2.45. The number of pyridine rings is 1. The van der Waals surface area contributed by atoms with E-state index in [1.54, 1.807) is 13.3 Å². The Kier molecular flexibility index (Phi) is 4.02. The van der Waals surface area contributed by atoms with Gasteiger partial charge in [-0.1, -0.05) is 18.2 Å². The second-order valence-electron chi connectivity index (χ2n) is 3.70. The van der Waals surface area contributed by atoms with Crippen LogP contribution in [0.5, 0.6) is 11.5 Å². The molecular formula is C14H16N2O2. The number of nitrogens with one attached hydrogen (secondary N) is 1. The Bertz CT molecular complexity index is 467. The van der Waals surface area contributed by atoms with E-state index in [0.717, 1.165) is 22.9 Å². The van der Waals surface area contributed by atoms with Crippen molar-refractivity contribution < 1.29 is 9.47 Å². The number of hydrogen-bond donors (Lipinski definition) is 1. The first-order valence-electron chi connectivity index (χ1n) is 5.72. The molecular weight excluding hydrogens is 228 g/mol. The number of hydrogen-bond acceptors (Lipinski definition) is 4. The molecule has 2 rings (SSSR count). The predicted molar refractivity (Wildman–Crippen MR) is 71.1 cm³/mol. The molecule has 1 aromatic heterocycles. The molecule has 0 unspecified atom stereocenters. The van der Waals surface area contributed by atoms with E-state index in [2.05, 4.69) is 10.3 Å². The van der Waals surface area contributed by atoms with E-state index in [9.17, 15) is 0 Å². The normalized spacial score (nSPS) is 9.89. The third kappa shape index (κ3) is 2.71. The molecule has 0 saturated carbocycles. The summed E-state index contributed by atoms with van der Waals surface area (Å²) in [5.74, 6) is 2.28. The zero-order valence-corrected chi connectivity index (χ0v) is 10.5. The fraction of sp³-hybridized carbons (Fsp3) is 0.214. The van der Waals surface area contributed by atoms with Crippen molar-refractivity contribution in [2.45, 2.75) is 6.61 Å². The van der Waals surface area contributed by atoms with E-state index in [-0.39, 0.29) is 0 Å². The summed E-state index contributed by atoms with van der Waals surface area (Å²) in [6.07, 6.45) is 1.75. The minimum Gasteiger partial charge on any atom is -0.493 e. The molecule has 18 heavy (non-hydrogen) atoms. The summed E-state index contributed by atoms with van der Waals surface area (Å²) in [7, 11) is 3.47. The van der Waals surface area contributed by atoms with Gasteiger partial charge in [-0.05, 0) is 18.2 Å². The zero-order valence-electron chi connectivity index (χ0n) is 10.5. The summed E-state index contributed by atoms with van der Waals surface area (Å²) in [6.45, 7) is 0.449. The lowest BCUT2D eigenvalue weighted by atomic mass is 10.2. The van der Waals surface area contributed by atoms with Gasteiger partial charge in [0.1, 0.15) is 12.4 Å². The van der Waals surface area contributed by atoms with Gasteiger partial charge in [0.2, 0.25) is 0 Å². The van der Waals surface area contributed by atoms with Crippen LogP contribution in [0.1, 0.15) is 5.56 Å². The van der Waals surface area contributed by atoms with E-state index in [1.165, 1.54) is 0 Å². The number of anilines is 1. The molecule has 0 atom stereocenters. The summed E-state index contributed by atoms with van der Waals surface area (Å²) in [6, 6.07) is 11.5. The lowest BCUT2D eigenvalue weighted by molar-refractivity contribution is 0.284. The van der Waals surface area contributed by atoms with E-state index in [0.29, 0.717) is 6.61 Å². The molecule has 0 aliphatic carbocycles. The molecule has 0 radical (unpaired) electrons. The van der Waals surface area contributed by atoms with Crippen LogP contribution in [0, 0.1) is 0 Å². The molecule has 4 heteroatoms. The SMILES string of the molecule is CNc1ncccc1COc1ccccc1OC. The molecule has 94 valence electrons. The van der Waals surface area contributed by atoms with Crippen molar-refractivity contribution in [3.63, 3.8) is 0 Å². The van der Waals surface area contributed by atoms with Crippen molar-refractivity contribution in [2.24, 2.45) is 0 Å². The van der Waals surface area contributed by atoms with Crippen LogP contribution >= 0.6 is 0 Å². The molecule has 1 heterocycles. The standard InChI is InChI=1S/C14H16N2O2/c1-15-14-11(6-5-9-16-14)10-18-13-8-4-3-7-12(13)17-2/h3-9H,10H2,1-2H3,(H,15,16). The third-order valence-corrected chi connectivity index (χ3v) is 2.58. The van der Waals surface area contributed by atoms with Gasteiger partial charge in [-0.3, -0.25) is 0 Å². The van der Waals surface area contributed by atoms with Gasteiger partial charge in [-0.25, -0.2) is 4.98 Å². The third-order valence-electron chi connectivity index (χ3n) is 2.58. The lowest BCUT2D eigenvalue weighted by Crippen LogP contribution is -2.03. The Balaban J connectivity index is 2.11. The molecule has 1 N–H and O–H groups in total. The molecule has 0 spiro atoms. The summed E-state index contributed by atoms with van der Waals surface area (Å²) < 4.78 is 11.0. The van der Waals surface area contributed by atoms with E-state index in [4.69, 9.17) is 9.47 Å². The number of benzene rings is 1. The first kappa shape index (κ1) is 12.2. The lowest BCUT2D eigenvalue weighted by Gasteiger charge is -2.12. The molecule has 0 aliphatic heterocycles. The van der Waals surface area contributed by atoms with Gasteiger partial charge in [0.15, 0.2) is 11.5 Å². The van der Waals surface area contributed by atoms with Crippen LogP contribution in [0.3, 0.4) is 0 Å². The highest BCUT2D eigenvalue weighted by atomic mass is 16.5. The molecule has 0 aliphatic rings. The summed E-state index contributed by atoms with van der Waals surface area (Å²) in [5.41, 5.74) is 1.01. The minimum absolute atomic E-state index is 0.449. The van der Waals surface area contributed by atoms with E-state index < -0.39 is 0 Å². The predicted octanol–water partition coefficient (Wildman–Crippen LogP) is 2.71. The molecule has 4 nitrogen and oxygen atoms in total. The highest BCUT2D eigenvalue weighted by Gasteiger charge is 2.05. The second kappa shape index (κ2) is 5.91. The Morgan fingerprint density at radius 2 is 1.89 bits per heavy atom. The zero-order chi connectivity index (χ0) is 12.8. The topological polar surface area (TPSA) is 43.4 Å². The van der Waals surface area contributed by atoms with Crippen molar-refractivity contribution in [3.05, 3.63) is 48.2 Å². The highest BCUT2D eigenvalue weighted by Crippen LogP contribution is 2.27. The van der Waals surface area contributed by atoms with Crippen LogP contribution < -0.4 is 14.8 Å². The Labute approximate surface area is 107 Å². The number of ether oxygens (including phenoxy) is 2. The fourth-order valence-electron chi connectivity index (χ4n) is 1.67. The quantitative estimate of drug-likeness (QED) is 0.878. The maximum absolute atomic E-state index is 5.75. The van der Waals surface area contributed by atoms with Crippen LogP contribution in [0.15, 0.2) is 42.6 Å². The fourth-order valence-corrected chi connectivity index (χ4v) is 1.67. The number of nitrogens with zero attached hydrogens (tertiary/aromatic N) is 1. The number of methoxy groups -OCH3 is 1. The van der Waals surface area contributed by atoms with Gasteiger partial charge in [0.05, 0.1) is 7.11 Å². The maximum atomic E-state index is 5.75. The Hall–Kier alpha value is -2.23. The van der Waals surface area contributed by atoms with Crippen LogP contribution in [0.4, 0.5) is 5.82 Å². The first-order valence-corrected chi connectivity index (χ1v) is 5.72. The monoisotopic (exact) mass is 244 g/mol. The maximum Gasteiger partial charge on any atom is 0.161 e. The van der Waals surface area contributed by atoms with Crippen LogP contribution in [-0.4, -0.2) is 19.1 Å². The van der Waals surface area contributed by atoms with Crippen LogP contribution in [-0.2, 0) is 6.61 Å². The highest BCUT2D eigenvalue weighted by molar-refractivity contribution is 5.44. The summed E-state index contributed by atoms with van der Waals surface area (Å²) in [4.78, 5) is 4.23. The Morgan fingerprint density at radius 1 is 1.11 bits per heavy atom. The molecule has 2 aromatic rings. The van der Waals surface area contributed by atoms with Crippen molar-refractivity contribution in [1.29, 1.82) is 0 Å². The molecule has 0 saturated heterocycles. The van der Waals surface area contributed by atoms with Gasteiger partial charge in [-0.2, -0.15) is 0 Å². The van der Waals surface area contributed by atoms with Crippen LogP contribution in [0.25, 0.3) is 0 Å². The number of aromatic nitrogens is 1. The smallest absolute Gasteiger partial charge is 0.161 e. The second-order valence-corrected chi connectivity index (χ2v) is 3.70. The number of para-hydroxylation sites is 2. The molecule has 0 amide bonds. The van der Waals surface area contributed by atoms with E-state index >= 15 is 0 Å². The van der Waals surface area contributed by atoms with Crippen molar-refractivity contribution in [2.75, 3.05) is 19.5 Å². The van der Waals surface area contributed by atoms with Gasteiger partial charge >= 0.3 is 0 Å². The summed E-state index contributed by atoms with van der Waals surface area (Å²) in [5, 5.41) is 3.04. The number of rotatable bonds is 5.